The number of ether oxygens (including phenoxy) is 2. The van der Waals surface area contributed by atoms with E-state index in [0.29, 0.717) is 48.9 Å². The zero-order valence-electron chi connectivity index (χ0n) is 20.4. The lowest BCUT2D eigenvalue weighted by atomic mass is 9.48. The minimum absolute atomic E-state index is 0.0907. The molecule has 32 heavy (non-hydrogen) atoms. The third-order valence-corrected chi connectivity index (χ3v) is 9.94. The number of methoxy groups -OCH3 is 1. The standard InChI is InChI=1S/C27H40O5/c1-16(6-11-25(30)31-5)20-9-10-21-19-8-7-18-14-24(32-17(2)28)23(29)15-27(18,4)22(19)12-13-26(20,21)3/h12,16,18-21,24H,6-11,13-15H2,1-5H3/t16-,18-,19+,20-,21+,24+,26-,27+/m1/s1. The van der Waals surface area contributed by atoms with Gasteiger partial charge in [-0.05, 0) is 85.4 Å². The summed E-state index contributed by atoms with van der Waals surface area (Å²) in [4.78, 5) is 36.0. The minimum atomic E-state index is -0.553. The molecule has 178 valence electrons. The first-order valence-corrected chi connectivity index (χ1v) is 12.6. The molecule has 4 aliphatic rings. The van der Waals surface area contributed by atoms with Gasteiger partial charge in [0.05, 0.1) is 7.11 Å². The van der Waals surface area contributed by atoms with Crippen molar-refractivity contribution >= 4 is 17.7 Å². The zero-order valence-corrected chi connectivity index (χ0v) is 20.4. The Balaban J connectivity index is 1.53. The van der Waals surface area contributed by atoms with Crippen molar-refractivity contribution in [2.24, 2.45) is 40.4 Å². The lowest BCUT2D eigenvalue weighted by Gasteiger charge is -2.56. The number of allylic oxidation sites excluding steroid dienone is 2. The van der Waals surface area contributed by atoms with E-state index in [1.165, 1.54) is 38.9 Å². The van der Waals surface area contributed by atoms with Crippen molar-refractivity contribution in [3.8, 4) is 0 Å². The first kappa shape index (κ1) is 23.5. The Labute approximate surface area is 192 Å². The van der Waals surface area contributed by atoms with E-state index in [2.05, 4.69) is 26.8 Å². The molecule has 0 heterocycles. The smallest absolute Gasteiger partial charge is 0.305 e. The summed E-state index contributed by atoms with van der Waals surface area (Å²) in [6.45, 7) is 8.48. The fraction of sp³-hybridized carbons (Fsp3) is 0.815. The van der Waals surface area contributed by atoms with Gasteiger partial charge in [-0.2, -0.15) is 0 Å². The van der Waals surface area contributed by atoms with Crippen molar-refractivity contribution in [1.29, 1.82) is 0 Å². The van der Waals surface area contributed by atoms with E-state index in [1.807, 2.05) is 0 Å². The highest BCUT2D eigenvalue weighted by Crippen LogP contribution is 2.66. The number of rotatable bonds is 5. The van der Waals surface area contributed by atoms with E-state index >= 15 is 0 Å². The van der Waals surface area contributed by atoms with Crippen LogP contribution in [0.1, 0.15) is 85.5 Å². The molecule has 0 aromatic carbocycles. The highest BCUT2D eigenvalue weighted by molar-refractivity contribution is 5.87. The predicted octanol–water partition coefficient (Wildman–Crippen LogP) is 5.27. The van der Waals surface area contributed by atoms with Crippen LogP contribution in [0.2, 0.25) is 0 Å². The quantitative estimate of drug-likeness (QED) is 0.427. The summed E-state index contributed by atoms with van der Waals surface area (Å²) in [5.74, 6) is 2.39. The largest absolute Gasteiger partial charge is 0.469 e. The second-order valence-electron chi connectivity index (χ2n) is 11.5. The molecule has 0 aliphatic heterocycles. The molecule has 8 atom stereocenters. The van der Waals surface area contributed by atoms with Gasteiger partial charge in [0, 0.05) is 19.8 Å². The molecule has 0 spiro atoms. The van der Waals surface area contributed by atoms with Crippen LogP contribution in [0.15, 0.2) is 11.6 Å². The molecule has 0 saturated heterocycles. The fourth-order valence-electron chi connectivity index (χ4n) is 8.29. The van der Waals surface area contributed by atoms with Crippen LogP contribution >= 0.6 is 0 Å². The van der Waals surface area contributed by atoms with Gasteiger partial charge in [-0.25, -0.2) is 0 Å². The topological polar surface area (TPSA) is 69.7 Å². The lowest BCUT2D eigenvalue weighted by molar-refractivity contribution is -0.159. The van der Waals surface area contributed by atoms with Crippen LogP contribution in [-0.4, -0.2) is 30.9 Å². The first-order valence-electron chi connectivity index (χ1n) is 12.6. The number of Topliss-reactive ketones (excluding diaryl/α,β-unsaturated/α-hetero) is 1. The summed E-state index contributed by atoms with van der Waals surface area (Å²) in [6, 6.07) is 0. The van der Waals surface area contributed by atoms with Crippen molar-refractivity contribution in [3.63, 3.8) is 0 Å². The molecule has 0 aromatic heterocycles. The SMILES string of the molecule is COC(=O)CC[C@@H](C)[C@H]1CC[C@H]2[C@@H]3CC[C@@H]4C[C@H](OC(C)=O)C(=O)C[C@]4(C)C3=CC[C@]12C. The Hall–Kier alpha value is -1.65. The van der Waals surface area contributed by atoms with E-state index in [9.17, 15) is 14.4 Å². The van der Waals surface area contributed by atoms with E-state index in [-0.39, 0.29) is 28.6 Å². The Bertz CT molecular complexity index is 815. The van der Waals surface area contributed by atoms with Crippen LogP contribution in [0, 0.1) is 40.4 Å². The average Bonchev–Trinajstić information content (AvgIpc) is 3.09. The van der Waals surface area contributed by atoms with Crippen LogP contribution in [0.25, 0.3) is 0 Å². The molecule has 5 nitrogen and oxygen atoms in total. The second kappa shape index (κ2) is 8.61. The molecular formula is C27H40O5. The highest BCUT2D eigenvalue weighted by Gasteiger charge is 2.59. The summed E-state index contributed by atoms with van der Waals surface area (Å²) in [5, 5.41) is 0. The van der Waals surface area contributed by atoms with Crippen molar-refractivity contribution in [2.45, 2.75) is 91.6 Å². The van der Waals surface area contributed by atoms with Gasteiger partial charge in [0.1, 0.15) is 0 Å². The average molecular weight is 445 g/mol. The van der Waals surface area contributed by atoms with Gasteiger partial charge in [-0.1, -0.05) is 32.4 Å². The van der Waals surface area contributed by atoms with Gasteiger partial charge in [0.15, 0.2) is 11.9 Å². The van der Waals surface area contributed by atoms with Crippen LogP contribution in [-0.2, 0) is 23.9 Å². The molecule has 0 amide bonds. The zero-order chi connectivity index (χ0) is 23.3. The monoisotopic (exact) mass is 444 g/mol. The molecule has 4 rings (SSSR count). The molecule has 3 fully saturated rings. The fourth-order valence-corrected chi connectivity index (χ4v) is 8.29. The number of ketones is 1. The van der Waals surface area contributed by atoms with E-state index in [0.717, 1.165) is 19.3 Å². The van der Waals surface area contributed by atoms with Crippen molar-refractivity contribution in [3.05, 3.63) is 11.6 Å². The number of esters is 2. The number of carbonyl (C=O) groups excluding carboxylic acids is 3. The van der Waals surface area contributed by atoms with Crippen molar-refractivity contribution in [1.82, 2.24) is 0 Å². The molecule has 5 heteroatoms. The summed E-state index contributed by atoms with van der Waals surface area (Å²) in [7, 11) is 1.47. The molecule has 0 aromatic rings. The Morgan fingerprint density at radius 2 is 1.94 bits per heavy atom. The third kappa shape index (κ3) is 3.84. The van der Waals surface area contributed by atoms with Gasteiger partial charge in [0.25, 0.3) is 0 Å². The molecule has 4 aliphatic carbocycles. The van der Waals surface area contributed by atoms with E-state index in [1.54, 1.807) is 0 Å². The summed E-state index contributed by atoms with van der Waals surface area (Å²) in [6.07, 6.45) is 10.4. The number of carbonyl (C=O) groups is 3. The predicted molar refractivity (Wildman–Crippen MR) is 122 cm³/mol. The Morgan fingerprint density at radius 3 is 2.62 bits per heavy atom. The van der Waals surface area contributed by atoms with Gasteiger partial charge in [-0.15, -0.1) is 0 Å². The number of fused-ring (bicyclic) bond motifs is 5. The Morgan fingerprint density at radius 1 is 1.19 bits per heavy atom. The maximum Gasteiger partial charge on any atom is 0.305 e. The van der Waals surface area contributed by atoms with E-state index in [4.69, 9.17) is 9.47 Å². The summed E-state index contributed by atoms with van der Waals surface area (Å²) in [5.41, 5.74) is 1.70. The maximum absolute atomic E-state index is 12.9. The van der Waals surface area contributed by atoms with Gasteiger partial charge >= 0.3 is 11.9 Å². The number of hydrogen-bond donors (Lipinski definition) is 0. The maximum atomic E-state index is 12.9. The van der Waals surface area contributed by atoms with Crippen molar-refractivity contribution in [2.75, 3.05) is 7.11 Å². The molecule has 0 bridgehead atoms. The summed E-state index contributed by atoms with van der Waals surface area (Å²) >= 11 is 0. The molecule has 3 saturated carbocycles. The van der Waals surface area contributed by atoms with Gasteiger partial charge < -0.3 is 9.47 Å². The molecule has 0 radical (unpaired) electrons. The Kier molecular flexibility index (Phi) is 6.32. The third-order valence-electron chi connectivity index (χ3n) is 9.94. The molecular weight excluding hydrogens is 404 g/mol. The van der Waals surface area contributed by atoms with Crippen LogP contribution < -0.4 is 0 Å². The highest BCUT2D eigenvalue weighted by atomic mass is 16.5. The molecule has 0 N–H and O–H groups in total. The van der Waals surface area contributed by atoms with Gasteiger partial charge in [0.2, 0.25) is 0 Å². The van der Waals surface area contributed by atoms with Gasteiger partial charge in [-0.3, -0.25) is 14.4 Å². The van der Waals surface area contributed by atoms with Crippen LogP contribution in [0.4, 0.5) is 0 Å². The second-order valence-corrected chi connectivity index (χ2v) is 11.5. The first-order chi connectivity index (χ1) is 15.1. The minimum Gasteiger partial charge on any atom is -0.469 e. The normalized spacial score (nSPS) is 41.6. The van der Waals surface area contributed by atoms with Crippen LogP contribution in [0.3, 0.4) is 0 Å². The number of hydrogen-bond acceptors (Lipinski definition) is 5. The van der Waals surface area contributed by atoms with E-state index < -0.39 is 6.10 Å². The molecule has 0 unspecified atom stereocenters. The van der Waals surface area contributed by atoms with Crippen molar-refractivity contribution < 1.29 is 23.9 Å². The van der Waals surface area contributed by atoms with Crippen LogP contribution in [0.5, 0.6) is 0 Å². The lowest BCUT2D eigenvalue weighted by Crippen LogP contribution is -2.51. The summed E-state index contributed by atoms with van der Waals surface area (Å²) < 4.78 is 10.2.